The van der Waals surface area contributed by atoms with Crippen LogP contribution in [0.4, 0.5) is 10.5 Å². The molecule has 1 aromatic rings. The van der Waals surface area contributed by atoms with Crippen LogP contribution >= 0.6 is 0 Å². The average Bonchev–Trinajstić information content (AvgIpc) is 2.28. The molecule has 0 aliphatic heterocycles. The van der Waals surface area contributed by atoms with Crippen molar-refractivity contribution in [1.82, 2.24) is 5.32 Å². The Morgan fingerprint density at radius 1 is 1.26 bits per heavy atom. The van der Waals surface area contributed by atoms with Crippen molar-refractivity contribution < 1.29 is 14.7 Å². The number of urea groups is 1. The van der Waals surface area contributed by atoms with Crippen LogP contribution in [0.2, 0.25) is 0 Å². The number of hydrogen-bond donors (Lipinski definition) is 3. The van der Waals surface area contributed by atoms with Crippen LogP contribution in [0.1, 0.15) is 36.7 Å². The first-order chi connectivity index (χ1) is 8.70. The summed E-state index contributed by atoms with van der Waals surface area (Å²) >= 11 is 0. The van der Waals surface area contributed by atoms with Crippen LogP contribution in [0.25, 0.3) is 0 Å². The quantitative estimate of drug-likeness (QED) is 0.785. The van der Waals surface area contributed by atoms with E-state index in [0.717, 1.165) is 0 Å². The van der Waals surface area contributed by atoms with Gasteiger partial charge in [-0.2, -0.15) is 0 Å². The van der Waals surface area contributed by atoms with Crippen molar-refractivity contribution in [3.05, 3.63) is 29.3 Å². The third kappa shape index (κ3) is 4.62. The number of nitrogens with one attached hydrogen (secondary N) is 2. The van der Waals surface area contributed by atoms with Crippen molar-refractivity contribution >= 4 is 17.7 Å². The lowest BCUT2D eigenvalue weighted by atomic mass is 9.97. The molecule has 0 radical (unpaired) electrons. The third-order valence-corrected chi connectivity index (χ3v) is 2.59. The topological polar surface area (TPSA) is 78.4 Å². The van der Waals surface area contributed by atoms with Gasteiger partial charge in [0.05, 0.1) is 5.56 Å². The maximum Gasteiger partial charge on any atom is 0.336 e. The van der Waals surface area contributed by atoms with Gasteiger partial charge in [0.2, 0.25) is 0 Å². The Kier molecular flexibility index (Phi) is 4.53. The molecule has 5 heteroatoms. The van der Waals surface area contributed by atoms with Crippen LogP contribution in [-0.2, 0) is 0 Å². The monoisotopic (exact) mass is 264 g/mol. The number of hydrogen-bond acceptors (Lipinski definition) is 2. The second-order valence-electron chi connectivity index (χ2n) is 5.65. The molecule has 0 spiro atoms. The molecular weight excluding hydrogens is 244 g/mol. The molecule has 104 valence electrons. The molecule has 0 aliphatic rings. The second kappa shape index (κ2) is 5.73. The van der Waals surface area contributed by atoms with Gasteiger partial charge < -0.3 is 15.7 Å². The van der Waals surface area contributed by atoms with Gasteiger partial charge in [-0.25, -0.2) is 9.59 Å². The highest BCUT2D eigenvalue weighted by molar-refractivity contribution is 5.95. The van der Waals surface area contributed by atoms with E-state index in [2.05, 4.69) is 10.6 Å². The van der Waals surface area contributed by atoms with E-state index in [9.17, 15) is 9.59 Å². The summed E-state index contributed by atoms with van der Waals surface area (Å²) in [5, 5.41) is 14.4. The Morgan fingerprint density at radius 3 is 2.42 bits per heavy atom. The highest BCUT2D eigenvalue weighted by Crippen LogP contribution is 2.19. The van der Waals surface area contributed by atoms with Gasteiger partial charge in [0, 0.05) is 12.2 Å². The van der Waals surface area contributed by atoms with E-state index >= 15 is 0 Å². The largest absolute Gasteiger partial charge is 0.478 e. The predicted octanol–water partition coefficient (Wildman–Crippen LogP) is 2.86. The molecular formula is C14H20N2O3. The summed E-state index contributed by atoms with van der Waals surface area (Å²) in [7, 11) is 0. The zero-order valence-electron chi connectivity index (χ0n) is 11.7. The Hall–Kier alpha value is -2.04. The van der Waals surface area contributed by atoms with Gasteiger partial charge >= 0.3 is 12.0 Å². The average molecular weight is 264 g/mol. The smallest absolute Gasteiger partial charge is 0.336 e. The zero-order chi connectivity index (χ0) is 14.6. The standard InChI is InChI=1S/C14H20N2O3/c1-9-10(12(17)18)6-5-7-11(9)16-13(19)15-8-14(2,3)4/h5-7H,8H2,1-4H3,(H,17,18)(H2,15,16,19). The molecule has 19 heavy (non-hydrogen) atoms. The van der Waals surface area contributed by atoms with Gasteiger partial charge in [0.15, 0.2) is 0 Å². The molecule has 3 N–H and O–H groups in total. The number of carbonyl (C=O) groups is 2. The Labute approximate surface area is 113 Å². The second-order valence-corrected chi connectivity index (χ2v) is 5.65. The normalized spacial score (nSPS) is 10.9. The molecule has 0 aliphatic carbocycles. The molecule has 5 nitrogen and oxygen atoms in total. The van der Waals surface area contributed by atoms with Crippen molar-refractivity contribution in [2.75, 3.05) is 11.9 Å². The molecule has 2 amide bonds. The lowest BCUT2D eigenvalue weighted by Gasteiger charge is -2.19. The number of carbonyl (C=O) groups excluding carboxylic acids is 1. The fourth-order valence-corrected chi connectivity index (χ4v) is 1.51. The predicted molar refractivity (Wildman–Crippen MR) is 74.6 cm³/mol. The summed E-state index contributed by atoms with van der Waals surface area (Å²) in [4.78, 5) is 22.7. The number of rotatable bonds is 3. The summed E-state index contributed by atoms with van der Waals surface area (Å²) in [6.45, 7) is 8.26. The zero-order valence-corrected chi connectivity index (χ0v) is 11.7. The van der Waals surface area contributed by atoms with Crippen LogP contribution < -0.4 is 10.6 Å². The van der Waals surface area contributed by atoms with Gasteiger partial charge in [-0.15, -0.1) is 0 Å². The van der Waals surface area contributed by atoms with Crippen molar-refractivity contribution in [3.8, 4) is 0 Å². The summed E-state index contributed by atoms with van der Waals surface area (Å²) in [6.07, 6.45) is 0. The lowest BCUT2D eigenvalue weighted by molar-refractivity contribution is 0.0696. The molecule has 0 saturated carbocycles. The summed E-state index contributed by atoms with van der Waals surface area (Å²) in [5.41, 5.74) is 1.23. The lowest BCUT2D eigenvalue weighted by Crippen LogP contribution is -2.35. The fraction of sp³-hybridized carbons (Fsp3) is 0.429. The highest BCUT2D eigenvalue weighted by Gasteiger charge is 2.14. The minimum atomic E-state index is -1.00. The van der Waals surface area contributed by atoms with Gasteiger partial charge in [0.25, 0.3) is 0 Å². The van der Waals surface area contributed by atoms with E-state index < -0.39 is 5.97 Å². The Morgan fingerprint density at radius 2 is 1.89 bits per heavy atom. The highest BCUT2D eigenvalue weighted by atomic mass is 16.4. The summed E-state index contributed by atoms with van der Waals surface area (Å²) in [6, 6.07) is 4.46. The van der Waals surface area contributed by atoms with Gasteiger partial charge in [0.1, 0.15) is 0 Å². The van der Waals surface area contributed by atoms with Crippen LogP contribution in [0.15, 0.2) is 18.2 Å². The Bertz CT molecular complexity index is 490. The van der Waals surface area contributed by atoms with Crippen molar-refractivity contribution in [3.63, 3.8) is 0 Å². The van der Waals surface area contributed by atoms with Crippen LogP contribution in [0, 0.1) is 12.3 Å². The van der Waals surface area contributed by atoms with E-state index in [0.29, 0.717) is 17.8 Å². The molecule has 1 rings (SSSR count). The maximum atomic E-state index is 11.7. The minimum absolute atomic E-state index is 0.00467. The van der Waals surface area contributed by atoms with Crippen molar-refractivity contribution in [2.24, 2.45) is 5.41 Å². The number of benzene rings is 1. The first-order valence-electron chi connectivity index (χ1n) is 6.08. The van der Waals surface area contributed by atoms with Crippen LogP contribution in [0.5, 0.6) is 0 Å². The van der Waals surface area contributed by atoms with E-state index in [1.54, 1.807) is 19.1 Å². The number of carboxylic acids is 1. The number of aromatic carboxylic acids is 1. The molecule has 1 aromatic carbocycles. The molecule has 0 heterocycles. The first kappa shape index (κ1) is 15.0. The number of anilines is 1. The summed E-state index contributed by atoms with van der Waals surface area (Å²) in [5.74, 6) is -1.00. The molecule has 0 fully saturated rings. The minimum Gasteiger partial charge on any atom is -0.478 e. The molecule has 0 atom stereocenters. The van der Waals surface area contributed by atoms with Crippen LogP contribution in [0.3, 0.4) is 0 Å². The summed E-state index contributed by atoms with van der Waals surface area (Å²) < 4.78 is 0. The fourth-order valence-electron chi connectivity index (χ4n) is 1.51. The van der Waals surface area contributed by atoms with Crippen molar-refractivity contribution in [1.29, 1.82) is 0 Å². The van der Waals surface area contributed by atoms with Crippen molar-refractivity contribution in [2.45, 2.75) is 27.7 Å². The molecule has 0 aromatic heterocycles. The van der Waals surface area contributed by atoms with E-state index in [1.807, 2.05) is 20.8 Å². The SMILES string of the molecule is Cc1c(NC(=O)NCC(C)(C)C)cccc1C(=O)O. The molecule has 0 saturated heterocycles. The molecule has 0 bridgehead atoms. The maximum absolute atomic E-state index is 11.7. The number of amides is 2. The first-order valence-corrected chi connectivity index (χ1v) is 6.08. The van der Waals surface area contributed by atoms with Gasteiger partial charge in [-0.05, 0) is 30.0 Å². The third-order valence-electron chi connectivity index (χ3n) is 2.59. The van der Waals surface area contributed by atoms with E-state index in [4.69, 9.17) is 5.11 Å². The molecule has 0 unspecified atom stereocenters. The van der Waals surface area contributed by atoms with Gasteiger partial charge in [-0.1, -0.05) is 26.8 Å². The van der Waals surface area contributed by atoms with Crippen LogP contribution in [-0.4, -0.2) is 23.7 Å². The van der Waals surface area contributed by atoms with Gasteiger partial charge in [-0.3, -0.25) is 0 Å². The Balaban J connectivity index is 2.75. The van der Waals surface area contributed by atoms with E-state index in [-0.39, 0.29) is 17.0 Å². The van der Waals surface area contributed by atoms with E-state index in [1.165, 1.54) is 6.07 Å². The number of carboxylic acid groups (broad SMARTS) is 1.